The number of hydrogen-bond donors (Lipinski definition) is 0. The maximum absolute atomic E-state index is 12.6. The molecular formula is C7H5BBrF4KO. The molecule has 1 rings (SSSR count). The molecule has 0 heterocycles. The third-order valence-electron chi connectivity index (χ3n) is 1.32. The second-order valence-electron chi connectivity index (χ2n) is 2.60. The first-order valence-electron chi connectivity index (χ1n) is 3.67. The van der Waals surface area contributed by atoms with E-state index in [2.05, 4.69) is 20.7 Å². The Morgan fingerprint density at radius 2 is 1.87 bits per heavy atom. The van der Waals surface area contributed by atoms with Crippen LogP contribution >= 0.6 is 15.9 Å². The summed E-state index contributed by atoms with van der Waals surface area (Å²) >= 11 is 2.95. The van der Waals surface area contributed by atoms with E-state index in [1.807, 2.05) is 0 Å². The summed E-state index contributed by atoms with van der Waals surface area (Å²) in [7, 11) is 0. The summed E-state index contributed by atoms with van der Waals surface area (Å²) in [5, 5.41) is 0. The van der Waals surface area contributed by atoms with Crippen molar-refractivity contribution in [3.63, 3.8) is 0 Å². The van der Waals surface area contributed by atoms with Crippen LogP contribution in [-0.2, 0) is 0 Å². The summed E-state index contributed by atoms with van der Waals surface area (Å²) in [6, 6.07) is 3.30. The molecule has 8 heteroatoms. The topological polar surface area (TPSA) is 9.23 Å². The summed E-state index contributed by atoms with van der Waals surface area (Å²) in [4.78, 5) is 0. The molecular weight excluding hydrogens is 306 g/mol. The summed E-state index contributed by atoms with van der Waals surface area (Å²) in [5.74, 6) is -0.790. The quantitative estimate of drug-likeness (QED) is 0.578. The third kappa shape index (κ3) is 6.28. The summed E-state index contributed by atoms with van der Waals surface area (Å²) in [5.41, 5.74) is 0. The molecule has 0 fully saturated rings. The molecule has 0 spiro atoms. The molecule has 1 aromatic rings. The normalized spacial score (nSPS) is 10.7. The molecule has 0 unspecified atom stereocenters. The summed E-state index contributed by atoms with van der Waals surface area (Å²) < 4.78 is 52.7. The second-order valence-corrected chi connectivity index (χ2v) is 3.45. The molecule has 78 valence electrons. The molecule has 1 aromatic carbocycles. The molecule has 0 amide bonds. The van der Waals surface area contributed by atoms with Gasteiger partial charge in [0.25, 0.3) is 0 Å². The number of hydrogen-bond acceptors (Lipinski definition) is 1. The van der Waals surface area contributed by atoms with Crippen LogP contribution in [0, 0.1) is 5.82 Å². The van der Waals surface area contributed by atoms with Gasteiger partial charge in [-0.1, -0.05) is 0 Å². The zero-order chi connectivity index (χ0) is 10.8. The molecule has 15 heavy (non-hydrogen) atoms. The maximum Gasteiger partial charge on any atom is 1.00 e. The third-order valence-corrected chi connectivity index (χ3v) is 1.98. The minimum atomic E-state index is -5.02. The molecule has 0 saturated carbocycles. The van der Waals surface area contributed by atoms with E-state index in [0.29, 0.717) is 4.47 Å². The van der Waals surface area contributed by atoms with Gasteiger partial charge in [-0.3, -0.25) is 0 Å². The zero-order valence-electron chi connectivity index (χ0n) is 7.81. The van der Waals surface area contributed by atoms with E-state index in [9.17, 15) is 17.3 Å². The Morgan fingerprint density at radius 3 is 2.40 bits per heavy atom. The standard InChI is InChI=1S/C7H5BBrF4O.K/c9-6-2-1-5(10)3-7(6)14-4-8(11,12)13;/h1-3H,4H2;/q-1;+1. The van der Waals surface area contributed by atoms with Crippen molar-refractivity contribution < 1.29 is 73.5 Å². The fourth-order valence-corrected chi connectivity index (χ4v) is 1.13. The van der Waals surface area contributed by atoms with Gasteiger partial charge in [0.15, 0.2) is 0 Å². The molecule has 0 bridgehead atoms. The summed E-state index contributed by atoms with van der Waals surface area (Å²) in [6.45, 7) is -6.39. The Morgan fingerprint density at radius 1 is 1.27 bits per heavy atom. The fourth-order valence-electron chi connectivity index (χ4n) is 0.772. The van der Waals surface area contributed by atoms with Crippen molar-refractivity contribution in [1.82, 2.24) is 0 Å². The number of benzene rings is 1. The van der Waals surface area contributed by atoms with Crippen molar-refractivity contribution >= 4 is 22.9 Å². The van der Waals surface area contributed by atoms with Gasteiger partial charge in [-0.2, -0.15) is 0 Å². The van der Waals surface area contributed by atoms with Crippen LogP contribution in [0.5, 0.6) is 5.75 Å². The van der Waals surface area contributed by atoms with Crippen LogP contribution in [0.3, 0.4) is 0 Å². The van der Waals surface area contributed by atoms with Crippen molar-refractivity contribution in [2.75, 3.05) is 6.51 Å². The molecule has 0 aliphatic rings. The molecule has 0 N–H and O–H groups in total. The first-order chi connectivity index (χ1) is 6.38. The first-order valence-corrected chi connectivity index (χ1v) is 4.46. The Kier molecular flexibility index (Phi) is 7.01. The monoisotopic (exact) mass is 310 g/mol. The molecule has 0 saturated heterocycles. The first kappa shape index (κ1) is 15.9. The van der Waals surface area contributed by atoms with E-state index in [-0.39, 0.29) is 57.1 Å². The molecule has 0 aliphatic carbocycles. The molecule has 0 radical (unpaired) electrons. The van der Waals surface area contributed by atoms with Crippen LogP contribution in [0.25, 0.3) is 0 Å². The second kappa shape index (κ2) is 6.61. The largest absolute Gasteiger partial charge is 1.00 e. The number of rotatable bonds is 3. The van der Waals surface area contributed by atoms with Crippen LogP contribution in [-0.4, -0.2) is 13.5 Å². The van der Waals surface area contributed by atoms with E-state index in [0.717, 1.165) is 12.1 Å². The predicted octanol–water partition coefficient (Wildman–Crippen LogP) is 0.358. The van der Waals surface area contributed by atoms with E-state index < -0.39 is 19.3 Å². The van der Waals surface area contributed by atoms with Crippen molar-refractivity contribution in [2.45, 2.75) is 0 Å². The summed E-state index contributed by atoms with van der Waals surface area (Å²) in [6.07, 6.45) is 0. The minimum Gasteiger partial charge on any atom is -0.520 e. The Balaban J connectivity index is 0.00000196. The smallest absolute Gasteiger partial charge is 0.520 e. The average Bonchev–Trinajstić information content (AvgIpc) is 2.05. The van der Waals surface area contributed by atoms with Gasteiger partial charge in [0.1, 0.15) is 11.6 Å². The van der Waals surface area contributed by atoms with Crippen LogP contribution < -0.4 is 56.1 Å². The van der Waals surface area contributed by atoms with E-state index >= 15 is 0 Å². The van der Waals surface area contributed by atoms with Crippen LogP contribution in [0.4, 0.5) is 17.3 Å². The van der Waals surface area contributed by atoms with Crippen LogP contribution in [0.2, 0.25) is 0 Å². The van der Waals surface area contributed by atoms with E-state index in [4.69, 9.17) is 0 Å². The van der Waals surface area contributed by atoms with Gasteiger partial charge in [-0.25, -0.2) is 4.39 Å². The fraction of sp³-hybridized carbons (Fsp3) is 0.143. The molecule has 0 atom stereocenters. The molecule has 1 nitrogen and oxygen atoms in total. The van der Waals surface area contributed by atoms with Gasteiger partial charge < -0.3 is 17.7 Å². The SMILES string of the molecule is Fc1ccc(Br)c(OC[B-](F)(F)F)c1.[K+]. The van der Waals surface area contributed by atoms with Gasteiger partial charge >= 0.3 is 58.4 Å². The average molecular weight is 311 g/mol. The number of ether oxygens (including phenoxy) is 1. The van der Waals surface area contributed by atoms with Gasteiger partial charge in [-0.05, 0) is 28.1 Å². The Bertz CT molecular complexity index is 333. The van der Waals surface area contributed by atoms with Gasteiger partial charge in [0.2, 0.25) is 0 Å². The Hall–Kier alpha value is 0.921. The minimum absolute atomic E-state index is 0. The maximum atomic E-state index is 12.6. The van der Waals surface area contributed by atoms with Crippen LogP contribution in [0.1, 0.15) is 0 Å². The van der Waals surface area contributed by atoms with Gasteiger partial charge in [0, 0.05) is 6.07 Å². The van der Waals surface area contributed by atoms with Crippen LogP contribution in [0.15, 0.2) is 22.7 Å². The van der Waals surface area contributed by atoms with Gasteiger partial charge in [0.05, 0.1) is 11.0 Å². The zero-order valence-corrected chi connectivity index (χ0v) is 12.5. The van der Waals surface area contributed by atoms with E-state index in [1.54, 1.807) is 0 Å². The predicted molar refractivity (Wildman–Crippen MR) is 48.7 cm³/mol. The van der Waals surface area contributed by atoms with Crippen molar-refractivity contribution in [2.24, 2.45) is 0 Å². The van der Waals surface area contributed by atoms with Crippen molar-refractivity contribution in [3.8, 4) is 5.75 Å². The van der Waals surface area contributed by atoms with E-state index in [1.165, 1.54) is 6.07 Å². The van der Waals surface area contributed by atoms with Crippen molar-refractivity contribution in [1.29, 1.82) is 0 Å². The molecule has 0 aromatic heterocycles. The number of halogens is 5. The molecule has 0 aliphatic heterocycles. The van der Waals surface area contributed by atoms with Gasteiger partial charge in [-0.15, -0.1) is 0 Å². The van der Waals surface area contributed by atoms with Crippen molar-refractivity contribution in [3.05, 3.63) is 28.5 Å². The Labute approximate surface area is 135 Å².